The van der Waals surface area contributed by atoms with Crippen molar-refractivity contribution in [3.05, 3.63) is 23.3 Å². The van der Waals surface area contributed by atoms with Crippen molar-refractivity contribution in [1.82, 2.24) is 0 Å². The summed E-state index contributed by atoms with van der Waals surface area (Å²) in [4.78, 5) is 1.30. The highest BCUT2D eigenvalue weighted by Gasteiger charge is 2.05. The summed E-state index contributed by atoms with van der Waals surface area (Å²) in [7, 11) is 1.62. The minimum Gasteiger partial charge on any atom is -0.467 e. The number of hydrogen-bond donors (Lipinski definition) is 0. The summed E-state index contributed by atoms with van der Waals surface area (Å²) in [5, 5.41) is 0. The van der Waals surface area contributed by atoms with Gasteiger partial charge in [0, 0.05) is 12.0 Å². The van der Waals surface area contributed by atoms with E-state index in [4.69, 9.17) is 9.47 Å². The molecular weight excluding hydrogens is 196 g/mol. The van der Waals surface area contributed by atoms with E-state index in [-0.39, 0.29) is 0 Å². The Morgan fingerprint density at radius 2 is 1.93 bits per heavy atom. The number of rotatable bonds is 4. The average Bonchev–Trinajstić information content (AvgIpc) is 2.20. The van der Waals surface area contributed by atoms with Crippen LogP contribution >= 0.6 is 11.8 Å². The molecule has 0 heterocycles. The van der Waals surface area contributed by atoms with E-state index in [0.717, 1.165) is 5.75 Å². The smallest absolute Gasteiger partial charge is 0.188 e. The van der Waals surface area contributed by atoms with Crippen LogP contribution in [-0.2, 0) is 4.74 Å². The Balaban J connectivity index is 2.92. The molecule has 0 saturated heterocycles. The van der Waals surface area contributed by atoms with E-state index < -0.39 is 0 Å². The maximum absolute atomic E-state index is 5.43. The number of ether oxygens (including phenoxy) is 2. The summed E-state index contributed by atoms with van der Waals surface area (Å²) in [5.41, 5.74) is 2.47. The van der Waals surface area contributed by atoms with Crippen LogP contribution in [0.4, 0.5) is 0 Å². The standard InChI is InChI=1S/C11H16O2S/c1-8-9(2)11(14-4)6-5-10(8)13-7-12-3/h5-6H,7H2,1-4H3. The van der Waals surface area contributed by atoms with Crippen molar-refractivity contribution in [2.75, 3.05) is 20.2 Å². The zero-order valence-electron chi connectivity index (χ0n) is 9.09. The average molecular weight is 212 g/mol. The lowest BCUT2D eigenvalue weighted by molar-refractivity contribution is 0.0505. The van der Waals surface area contributed by atoms with E-state index in [2.05, 4.69) is 26.2 Å². The molecule has 2 nitrogen and oxygen atoms in total. The van der Waals surface area contributed by atoms with Gasteiger partial charge in [-0.2, -0.15) is 0 Å². The monoisotopic (exact) mass is 212 g/mol. The Morgan fingerprint density at radius 3 is 2.50 bits per heavy atom. The fourth-order valence-corrected chi connectivity index (χ4v) is 1.93. The highest BCUT2D eigenvalue weighted by atomic mass is 32.2. The molecule has 0 radical (unpaired) electrons. The van der Waals surface area contributed by atoms with Crippen molar-refractivity contribution in [3.63, 3.8) is 0 Å². The van der Waals surface area contributed by atoms with Gasteiger partial charge in [-0.05, 0) is 43.4 Å². The van der Waals surface area contributed by atoms with Crippen LogP contribution < -0.4 is 4.74 Å². The molecule has 0 aliphatic heterocycles. The summed E-state index contributed by atoms with van der Waals surface area (Å²) in [5.74, 6) is 0.905. The molecule has 0 atom stereocenters. The van der Waals surface area contributed by atoms with Gasteiger partial charge in [0.2, 0.25) is 0 Å². The van der Waals surface area contributed by atoms with Gasteiger partial charge in [-0.3, -0.25) is 0 Å². The van der Waals surface area contributed by atoms with Crippen LogP contribution in [0.1, 0.15) is 11.1 Å². The van der Waals surface area contributed by atoms with Crippen molar-refractivity contribution in [1.29, 1.82) is 0 Å². The number of benzene rings is 1. The van der Waals surface area contributed by atoms with Crippen LogP contribution in [0.25, 0.3) is 0 Å². The Kier molecular flexibility index (Phi) is 4.29. The van der Waals surface area contributed by atoms with E-state index in [0.29, 0.717) is 6.79 Å². The molecule has 0 aromatic heterocycles. The summed E-state index contributed by atoms with van der Waals surface area (Å²) in [6.45, 7) is 4.49. The molecule has 1 rings (SSSR count). The second-order valence-corrected chi connectivity index (χ2v) is 3.91. The van der Waals surface area contributed by atoms with Gasteiger partial charge >= 0.3 is 0 Å². The molecule has 0 bridgehead atoms. The third-order valence-electron chi connectivity index (χ3n) is 2.24. The van der Waals surface area contributed by atoms with Gasteiger partial charge in [-0.25, -0.2) is 0 Å². The molecule has 0 aliphatic carbocycles. The number of thioether (sulfide) groups is 1. The number of methoxy groups -OCH3 is 1. The first-order chi connectivity index (χ1) is 6.70. The van der Waals surface area contributed by atoms with E-state index in [1.54, 1.807) is 18.9 Å². The summed E-state index contributed by atoms with van der Waals surface area (Å²) < 4.78 is 10.3. The normalized spacial score (nSPS) is 10.3. The maximum Gasteiger partial charge on any atom is 0.188 e. The van der Waals surface area contributed by atoms with Crippen LogP contribution in [-0.4, -0.2) is 20.2 Å². The number of hydrogen-bond acceptors (Lipinski definition) is 3. The van der Waals surface area contributed by atoms with Crippen LogP contribution in [0.5, 0.6) is 5.75 Å². The largest absolute Gasteiger partial charge is 0.467 e. The molecule has 0 N–H and O–H groups in total. The highest BCUT2D eigenvalue weighted by molar-refractivity contribution is 7.98. The fourth-order valence-electron chi connectivity index (χ4n) is 1.27. The molecule has 1 aromatic rings. The lowest BCUT2D eigenvalue weighted by atomic mass is 10.1. The lowest BCUT2D eigenvalue weighted by Crippen LogP contribution is -2.01. The van der Waals surface area contributed by atoms with Crippen LogP contribution in [0.15, 0.2) is 17.0 Å². The van der Waals surface area contributed by atoms with Crippen LogP contribution in [0.2, 0.25) is 0 Å². The Morgan fingerprint density at radius 1 is 1.21 bits per heavy atom. The highest BCUT2D eigenvalue weighted by Crippen LogP contribution is 2.29. The molecular formula is C11H16O2S. The van der Waals surface area contributed by atoms with Crippen molar-refractivity contribution in [3.8, 4) is 5.75 Å². The Labute approximate surface area is 89.6 Å². The summed E-state index contributed by atoms with van der Waals surface area (Å²) >= 11 is 1.76. The van der Waals surface area contributed by atoms with Crippen LogP contribution in [0, 0.1) is 13.8 Å². The second-order valence-electron chi connectivity index (χ2n) is 3.07. The molecule has 0 amide bonds. The van der Waals surface area contributed by atoms with Gasteiger partial charge < -0.3 is 9.47 Å². The van der Waals surface area contributed by atoms with Gasteiger partial charge in [0.15, 0.2) is 6.79 Å². The quantitative estimate of drug-likeness (QED) is 0.564. The maximum atomic E-state index is 5.43. The lowest BCUT2D eigenvalue weighted by Gasteiger charge is -2.12. The van der Waals surface area contributed by atoms with E-state index >= 15 is 0 Å². The Bertz CT molecular complexity index is 310. The molecule has 0 unspecified atom stereocenters. The first-order valence-electron chi connectivity index (χ1n) is 4.46. The van der Waals surface area contributed by atoms with Crippen molar-refractivity contribution in [2.24, 2.45) is 0 Å². The van der Waals surface area contributed by atoms with Crippen molar-refractivity contribution in [2.45, 2.75) is 18.7 Å². The topological polar surface area (TPSA) is 18.5 Å². The third-order valence-corrected chi connectivity index (χ3v) is 3.12. The van der Waals surface area contributed by atoms with Crippen molar-refractivity contribution < 1.29 is 9.47 Å². The van der Waals surface area contributed by atoms with E-state index in [1.165, 1.54) is 16.0 Å². The molecule has 0 saturated carbocycles. The molecule has 78 valence electrons. The third kappa shape index (κ3) is 2.42. The first kappa shape index (κ1) is 11.4. The zero-order chi connectivity index (χ0) is 10.6. The van der Waals surface area contributed by atoms with Gasteiger partial charge in [-0.1, -0.05) is 0 Å². The minimum atomic E-state index is 0.304. The molecule has 0 spiro atoms. The molecule has 1 aromatic carbocycles. The van der Waals surface area contributed by atoms with E-state index in [1.807, 2.05) is 6.07 Å². The molecule has 0 aliphatic rings. The van der Waals surface area contributed by atoms with Gasteiger partial charge in [0.25, 0.3) is 0 Å². The van der Waals surface area contributed by atoms with Gasteiger partial charge in [0.1, 0.15) is 5.75 Å². The van der Waals surface area contributed by atoms with Crippen LogP contribution in [0.3, 0.4) is 0 Å². The fraction of sp³-hybridized carbons (Fsp3) is 0.455. The summed E-state index contributed by atoms with van der Waals surface area (Å²) in [6, 6.07) is 4.07. The zero-order valence-corrected chi connectivity index (χ0v) is 9.90. The predicted molar refractivity (Wildman–Crippen MR) is 60.2 cm³/mol. The second kappa shape index (κ2) is 5.27. The van der Waals surface area contributed by atoms with E-state index in [9.17, 15) is 0 Å². The SMILES string of the molecule is COCOc1ccc(SC)c(C)c1C. The minimum absolute atomic E-state index is 0.304. The van der Waals surface area contributed by atoms with Gasteiger partial charge in [-0.15, -0.1) is 11.8 Å². The first-order valence-corrected chi connectivity index (χ1v) is 5.69. The summed E-state index contributed by atoms with van der Waals surface area (Å²) in [6.07, 6.45) is 2.08. The Hall–Kier alpha value is -0.670. The molecule has 0 fully saturated rings. The van der Waals surface area contributed by atoms with Gasteiger partial charge in [0.05, 0.1) is 0 Å². The molecule has 14 heavy (non-hydrogen) atoms. The van der Waals surface area contributed by atoms with Crippen molar-refractivity contribution >= 4 is 11.8 Å². The predicted octanol–water partition coefficient (Wildman–Crippen LogP) is 3.01. The molecule has 3 heteroatoms.